The Hall–Kier alpha value is -3.04. The van der Waals surface area contributed by atoms with Crippen molar-refractivity contribution in [2.75, 3.05) is 11.1 Å². The lowest BCUT2D eigenvalue weighted by Gasteiger charge is -2.25. The van der Waals surface area contributed by atoms with Gasteiger partial charge in [0.2, 0.25) is 11.0 Å². The average molecular weight is 467 g/mol. The number of aromatic nitrogens is 2. The van der Waals surface area contributed by atoms with E-state index in [-0.39, 0.29) is 6.42 Å². The normalized spacial score (nSPS) is 13.8. The van der Waals surface area contributed by atoms with Gasteiger partial charge in [0.05, 0.1) is 11.1 Å². The summed E-state index contributed by atoms with van der Waals surface area (Å²) in [5.41, 5.74) is 1.47. The fraction of sp³-hybridized carbons (Fsp3) is 0.261. The molecule has 2 aromatic carbocycles. The van der Waals surface area contributed by atoms with Gasteiger partial charge in [-0.1, -0.05) is 78.9 Å². The maximum absolute atomic E-state index is 13.3. The molecule has 1 aromatic heterocycles. The molecule has 3 amide bonds. The SMILES string of the molecule is CCCCSc1nnc(NC(=O)C(Cc2ccccc2)N2C(=O)c3ccccc3C2=O)s1. The Morgan fingerprint density at radius 2 is 1.69 bits per heavy atom. The molecule has 0 saturated heterocycles. The average Bonchev–Trinajstić information content (AvgIpc) is 3.35. The van der Waals surface area contributed by atoms with E-state index < -0.39 is 23.8 Å². The molecule has 0 bridgehead atoms. The third-order valence-corrected chi connectivity index (χ3v) is 7.13. The van der Waals surface area contributed by atoms with Crippen molar-refractivity contribution in [2.24, 2.45) is 0 Å². The van der Waals surface area contributed by atoms with E-state index >= 15 is 0 Å². The number of thioether (sulfide) groups is 1. The molecular formula is C23H22N4O3S2. The van der Waals surface area contributed by atoms with Crippen molar-refractivity contribution >= 4 is 46.0 Å². The number of carbonyl (C=O) groups is 3. The van der Waals surface area contributed by atoms with Crippen LogP contribution in [0, 0.1) is 0 Å². The van der Waals surface area contributed by atoms with Crippen LogP contribution < -0.4 is 5.32 Å². The van der Waals surface area contributed by atoms with E-state index in [2.05, 4.69) is 22.4 Å². The first-order valence-electron chi connectivity index (χ1n) is 10.4. The van der Waals surface area contributed by atoms with Gasteiger partial charge in [0.1, 0.15) is 6.04 Å². The zero-order valence-corrected chi connectivity index (χ0v) is 19.1. The summed E-state index contributed by atoms with van der Waals surface area (Å²) in [7, 11) is 0. The number of rotatable bonds is 9. The molecule has 1 aliphatic rings. The Balaban J connectivity index is 1.57. The van der Waals surface area contributed by atoms with E-state index in [1.165, 1.54) is 11.3 Å². The van der Waals surface area contributed by atoms with Gasteiger partial charge in [0.15, 0.2) is 4.34 Å². The fourth-order valence-electron chi connectivity index (χ4n) is 3.44. The number of nitrogens with zero attached hydrogens (tertiary/aromatic N) is 3. The molecule has 0 aliphatic carbocycles. The predicted molar refractivity (Wildman–Crippen MR) is 125 cm³/mol. The molecule has 2 heterocycles. The van der Waals surface area contributed by atoms with Gasteiger partial charge < -0.3 is 0 Å². The molecule has 164 valence electrons. The summed E-state index contributed by atoms with van der Waals surface area (Å²) in [4.78, 5) is 40.4. The number of benzene rings is 2. The number of fused-ring (bicyclic) bond motifs is 1. The molecule has 1 unspecified atom stereocenters. The number of imide groups is 1. The molecule has 7 nitrogen and oxygen atoms in total. The van der Waals surface area contributed by atoms with Gasteiger partial charge in [0, 0.05) is 12.2 Å². The number of anilines is 1. The highest BCUT2D eigenvalue weighted by Crippen LogP contribution is 2.29. The van der Waals surface area contributed by atoms with Crippen LogP contribution in [0.15, 0.2) is 58.9 Å². The lowest BCUT2D eigenvalue weighted by molar-refractivity contribution is -0.119. The number of nitrogens with one attached hydrogen (secondary N) is 1. The largest absolute Gasteiger partial charge is 0.299 e. The minimum absolute atomic E-state index is 0.203. The van der Waals surface area contributed by atoms with Crippen LogP contribution in [0.5, 0.6) is 0 Å². The molecule has 9 heteroatoms. The van der Waals surface area contributed by atoms with Crippen LogP contribution in [-0.4, -0.2) is 44.6 Å². The van der Waals surface area contributed by atoms with E-state index in [1.807, 2.05) is 30.3 Å². The van der Waals surface area contributed by atoms with Crippen LogP contribution >= 0.6 is 23.1 Å². The van der Waals surface area contributed by atoms with Crippen LogP contribution in [0.4, 0.5) is 5.13 Å². The van der Waals surface area contributed by atoms with Gasteiger partial charge in [-0.2, -0.15) is 0 Å². The smallest absolute Gasteiger partial charge is 0.262 e. The zero-order valence-electron chi connectivity index (χ0n) is 17.5. The Morgan fingerprint density at radius 1 is 1.03 bits per heavy atom. The highest BCUT2D eigenvalue weighted by Gasteiger charge is 2.42. The highest BCUT2D eigenvalue weighted by atomic mass is 32.2. The first kappa shape index (κ1) is 22.2. The number of hydrogen-bond donors (Lipinski definition) is 1. The number of carbonyl (C=O) groups excluding carboxylic acids is 3. The summed E-state index contributed by atoms with van der Waals surface area (Å²) in [5.74, 6) is -0.459. The molecule has 1 aliphatic heterocycles. The van der Waals surface area contributed by atoms with Crippen LogP contribution in [-0.2, 0) is 11.2 Å². The number of amides is 3. The topological polar surface area (TPSA) is 92.3 Å². The van der Waals surface area contributed by atoms with Gasteiger partial charge in [0.25, 0.3) is 11.8 Å². The van der Waals surface area contributed by atoms with E-state index in [4.69, 9.17) is 0 Å². The minimum atomic E-state index is -1.01. The van der Waals surface area contributed by atoms with Crippen LogP contribution in [0.1, 0.15) is 46.0 Å². The molecule has 0 saturated carbocycles. The fourth-order valence-corrected chi connectivity index (χ4v) is 5.35. The Bertz CT molecular complexity index is 1100. The zero-order chi connectivity index (χ0) is 22.5. The van der Waals surface area contributed by atoms with Crippen molar-refractivity contribution in [3.8, 4) is 0 Å². The monoisotopic (exact) mass is 466 g/mol. The van der Waals surface area contributed by atoms with Gasteiger partial charge >= 0.3 is 0 Å². The lowest BCUT2D eigenvalue weighted by atomic mass is 10.0. The second kappa shape index (κ2) is 10.1. The molecule has 0 spiro atoms. The third kappa shape index (κ3) is 4.73. The lowest BCUT2D eigenvalue weighted by Crippen LogP contribution is -2.48. The highest BCUT2D eigenvalue weighted by molar-refractivity contribution is 8.01. The second-order valence-corrected chi connectivity index (χ2v) is 9.62. The van der Waals surface area contributed by atoms with Crippen molar-refractivity contribution in [2.45, 2.75) is 36.6 Å². The van der Waals surface area contributed by atoms with Gasteiger partial charge in [-0.15, -0.1) is 10.2 Å². The first-order valence-corrected chi connectivity index (χ1v) is 12.2. The maximum atomic E-state index is 13.3. The minimum Gasteiger partial charge on any atom is -0.299 e. The van der Waals surface area contributed by atoms with Gasteiger partial charge in [-0.3, -0.25) is 24.6 Å². The van der Waals surface area contributed by atoms with Crippen LogP contribution in [0.2, 0.25) is 0 Å². The van der Waals surface area contributed by atoms with E-state index in [9.17, 15) is 14.4 Å². The van der Waals surface area contributed by atoms with Gasteiger partial charge in [-0.05, 0) is 24.1 Å². The quantitative estimate of drug-likeness (QED) is 0.219. The van der Waals surface area contributed by atoms with Gasteiger partial charge in [-0.25, -0.2) is 0 Å². The summed E-state index contributed by atoms with van der Waals surface area (Å²) in [6, 6.07) is 14.9. The molecule has 0 radical (unpaired) electrons. The van der Waals surface area contributed by atoms with Crippen LogP contribution in [0.25, 0.3) is 0 Å². The van der Waals surface area contributed by atoms with Crippen molar-refractivity contribution in [1.29, 1.82) is 0 Å². The molecular weight excluding hydrogens is 444 g/mol. The van der Waals surface area contributed by atoms with E-state index in [0.717, 1.165) is 33.4 Å². The van der Waals surface area contributed by atoms with E-state index in [0.29, 0.717) is 16.3 Å². The van der Waals surface area contributed by atoms with Crippen LogP contribution in [0.3, 0.4) is 0 Å². The second-order valence-electron chi connectivity index (χ2n) is 7.30. The van der Waals surface area contributed by atoms with Crippen molar-refractivity contribution in [3.63, 3.8) is 0 Å². The molecule has 32 heavy (non-hydrogen) atoms. The summed E-state index contributed by atoms with van der Waals surface area (Å²) in [6.07, 6.45) is 2.37. The summed E-state index contributed by atoms with van der Waals surface area (Å²) in [6.45, 7) is 2.12. The summed E-state index contributed by atoms with van der Waals surface area (Å²) >= 11 is 2.88. The summed E-state index contributed by atoms with van der Waals surface area (Å²) in [5, 5.41) is 11.3. The summed E-state index contributed by atoms with van der Waals surface area (Å²) < 4.78 is 0.772. The molecule has 1 N–H and O–H groups in total. The van der Waals surface area contributed by atoms with Crippen molar-refractivity contribution in [3.05, 3.63) is 71.3 Å². The predicted octanol–water partition coefficient (Wildman–Crippen LogP) is 4.28. The Morgan fingerprint density at radius 3 is 2.34 bits per heavy atom. The molecule has 0 fully saturated rings. The van der Waals surface area contributed by atoms with Crippen molar-refractivity contribution < 1.29 is 14.4 Å². The number of hydrogen-bond acceptors (Lipinski definition) is 7. The first-order chi connectivity index (χ1) is 15.6. The maximum Gasteiger partial charge on any atom is 0.262 e. The molecule has 4 rings (SSSR count). The standard InChI is InChI=1S/C23H22N4O3S2/c1-2-3-13-31-23-26-25-22(32-23)24-19(28)18(14-15-9-5-4-6-10-15)27-20(29)16-11-7-8-12-17(16)21(27)30/h4-12,18H,2-3,13-14H2,1H3,(H,24,25,28). The van der Waals surface area contributed by atoms with Crippen molar-refractivity contribution in [1.82, 2.24) is 15.1 Å². The molecule has 1 atom stereocenters. The molecule has 3 aromatic rings. The number of unbranched alkanes of at least 4 members (excludes halogenated alkanes) is 1. The Labute approximate surface area is 194 Å². The Kier molecular flexibility index (Phi) is 6.96. The third-order valence-electron chi connectivity index (χ3n) is 5.07. The van der Waals surface area contributed by atoms with E-state index in [1.54, 1.807) is 36.0 Å².